The first-order valence-electron chi connectivity index (χ1n) is 9.83. The molecule has 0 radical (unpaired) electrons. The number of carbonyl (C=O) groups is 3. The minimum Gasteiger partial charge on any atom is -0.364 e. The number of benzene rings is 1. The lowest BCUT2D eigenvalue weighted by Gasteiger charge is -2.39. The van der Waals surface area contributed by atoms with E-state index < -0.39 is 11.6 Å². The van der Waals surface area contributed by atoms with Gasteiger partial charge < -0.3 is 15.1 Å². The smallest absolute Gasteiger partial charge is 0.322 e. The molecule has 3 aliphatic heterocycles. The Bertz CT molecular complexity index is 821. The summed E-state index contributed by atoms with van der Waals surface area (Å²) in [5.41, 5.74) is 1.78. The van der Waals surface area contributed by atoms with Crippen molar-refractivity contribution >= 4 is 23.5 Å². The van der Waals surface area contributed by atoms with E-state index in [1.807, 2.05) is 4.90 Å². The summed E-state index contributed by atoms with van der Waals surface area (Å²) >= 11 is 0. The molecule has 4 amide bonds. The zero-order valence-corrected chi connectivity index (χ0v) is 15.2. The van der Waals surface area contributed by atoms with Crippen LogP contribution in [0.1, 0.15) is 31.2 Å². The van der Waals surface area contributed by atoms with Crippen LogP contribution in [0.2, 0.25) is 0 Å². The van der Waals surface area contributed by atoms with Gasteiger partial charge >= 0.3 is 6.03 Å². The Labute approximate surface area is 158 Å². The number of rotatable bonds is 4. The zero-order valence-electron chi connectivity index (χ0n) is 15.2. The van der Waals surface area contributed by atoms with Crippen molar-refractivity contribution < 1.29 is 14.4 Å². The molecule has 0 unspecified atom stereocenters. The van der Waals surface area contributed by atoms with Gasteiger partial charge in [-0.25, -0.2) is 4.79 Å². The first-order valence-corrected chi connectivity index (χ1v) is 9.83. The second-order valence-electron chi connectivity index (χ2n) is 8.17. The maximum Gasteiger partial charge on any atom is 0.322 e. The molecule has 0 bridgehead atoms. The standard InChI is InChI=1S/C20H24N4O3/c25-17(7-8-20(14-5-6-14)18(26)21-19(27)22-20)23-9-10-24-15(12-23)11-13-3-1-2-4-16(13)24/h1-4,14-15H,5-12H2,(H2,21,22,26,27)/t15-,20+/m1/s1. The molecule has 0 aromatic heterocycles. The molecule has 1 saturated carbocycles. The van der Waals surface area contributed by atoms with Crippen molar-refractivity contribution in [2.75, 3.05) is 24.5 Å². The number of urea groups is 1. The maximum atomic E-state index is 12.9. The van der Waals surface area contributed by atoms with Crippen LogP contribution < -0.4 is 15.5 Å². The van der Waals surface area contributed by atoms with Gasteiger partial charge in [0.2, 0.25) is 5.91 Å². The summed E-state index contributed by atoms with van der Waals surface area (Å²) in [6, 6.07) is 8.37. The number of para-hydroxylation sites is 1. The van der Waals surface area contributed by atoms with Crippen LogP contribution in [-0.4, -0.2) is 54.0 Å². The van der Waals surface area contributed by atoms with Gasteiger partial charge in [0, 0.05) is 31.7 Å². The highest BCUT2D eigenvalue weighted by Gasteiger charge is 2.55. The number of anilines is 1. The summed E-state index contributed by atoms with van der Waals surface area (Å²) in [4.78, 5) is 41.2. The molecular formula is C20H24N4O3. The van der Waals surface area contributed by atoms with Gasteiger partial charge in [-0.2, -0.15) is 0 Å². The topological polar surface area (TPSA) is 81.8 Å². The van der Waals surface area contributed by atoms with Gasteiger partial charge in [0.25, 0.3) is 5.91 Å². The molecule has 4 aliphatic rings. The summed E-state index contributed by atoms with van der Waals surface area (Å²) in [6.45, 7) is 2.28. The van der Waals surface area contributed by atoms with Crippen LogP contribution in [0.15, 0.2) is 24.3 Å². The Morgan fingerprint density at radius 1 is 1.19 bits per heavy atom. The van der Waals surface area contributed by atoms with Crippen LogP contribution in [0.3, 0.4) is 0 Å². The lowest BCUT2D eigenvalue weighted by molar-refractivity contribution is -0.133. The minimum atomic E-state index is -0.877. The quantitative estimate of drug-likeness (QED) is 0.778. The van der Waals surface area contributed by atoms with Crippen LogP contribution in [0.25, 0.3) is 0 Å². The summed E-state index contributed by atoms with van der Waals surface area (Å²) in [5.74, 6) is -0.0172. The zero-order chi connectivity index (χ0) is 18.6. The van der Waals surface area contributed by atoms with E-state index in [0.717, 1.165) is 32.4 Å². The summed E-state index contributed by atoms with van der Waals surface area (Å²) in [6.07, 6.45) is 3.52. The van der Waals surface area contributed by atoms with Crippen molar-refractivity contribution in [2.24, 2.45) is 5.92 Å². The Hall–Kier alpha value is -2.57. The molecule has 3 heterocycles. The van der Waals surface area contributed by atoms with E-state index in [1.54, 1.807) is 0 Å². The molecule has 0 spiro atoms. The lowest BCUT2D eigenvalue weighted by atomic mass is 9.87. The molecule has 1 aromatic rings. The van der Waals surface area contributed by atoms with Gasteiger partial charge in [0.05, 0.1) is 6.04 Å². The summed E-state index contributed by atoms with van der Waals surface area (Å²) in [7, 11) is 0. The van der Waals surface area contributed by atoms with E-state index in [2.05, 4.69) is 39.8 Å². The number of carbonyl (C=O) groups excluding carboxylic acids is 3. The third-order valence-electron chi connectivity index (χ3n) is 6.57. The van der Waals surface area contributed by atoms with E-state index >= 15 is 0 Å². The van der Waals surface area contributed by atoms with E-state index in [4.69, 9.17) is 0 Å². The highest BCUT2D eigenvalue weighted by molar-refractivity contribution is 6.07. The highest BCUT2D eigenvalue weighted by atomic mass is 16.2. The fourth-order valence-corrected chi connectivity index (χ4v) is 5.00. The Morgan fingerprint density at radius 3 is 2.74 bits per heavy atom. The SMILES string of the molecule is O=C1NC(=O)[C@](CCC(=O)N2CCN3c4ccccc4C[C@@H]3C2)(C2CC2)N1. The number of fused-ring (bicyclic) bond motifs is 3. The number of imide groups is 1. The molecule has 7 nitrogen and oxygen atoms in total. The Balaban J connectivity index is 1.23. The fraction of sp³-hybridized carbons (Fsp3) is 0.550. The third kappa shape index (κ3) is 2.67. The molecule has 2 atom stereocenters. The van der Waals surface area contributed by atoms with Crippen LogP contribution >= 0.6 is 0 Å². The molecule has 5 rings (SSSR count). The second kappa shape index (κ2) is 5.97. The molecule has 1 aromatic carbocycles. The third-order valence-corrected chi connectivity index (χ3v) is 6.57. The number of nitrogens with one attached hydrogen (secondary N) is 2. The number of amides is 4. The van der Waals surface area contributed by atoms with E-state index in [0.29, 0.717) is 25.4 Å². The molecule has 27 heavy (non-hydrogen) atoms. The van der Waals surface area contributed by atoms with Crippen LogP contribution in [0, 0.1) is 5.92 Å². The van der Waals surface area contributed by atoms with Gasteiger partial charge in [-0.05, 0) is 43.2 Å². The van der Waals surface area contributed by atoms with Crippen LogP contribution in [-0.2, 0) is 16.0 Å². The van der Waals surface area contributed by atoms with E-state index in [-0.39, 0.29) is 17.7 Å². The van der Waals surface area contributed by atoms with Crippen molar-refractivity contribution in [2.45, 2.75) is 43.7 Å². The molecular weight excluding hydrogens is 344 g/mol. The second-order valence-corrected chi connectivity index (χ2v) is 8.17. The largest absolute Gasteiger partial charge is 0.364 e. The van der Waals surface area contributed by atoms with Gasteiger partial charge in [0.15, 0.2) is 0 Å². The van der Waals surface area contributed by atoms with Gasteiger partial charge in [-0.15, -0.1) is 0 Å². The molecule has 2 N–H and O–H groups in total. The molecule has 7 heteroatoms. The van der Waals surface area contributed by atoms with Gasteiger partial charge in [-0.1, -0.05) is 18.2 Å². The average Bonchev–Trinajstić information content (AvgIpc) is 3.39. The number of hydrogen-bond donors (Lipinski definition) is 2. The van der Waals surface area contributed by atoms with E-state index in [1.165, 1.54) is 11.3 Å². The molecule has 1 aliphatic carbocycles. The monoisotopic (exact) mass is 368 g/mol. The first-order chi connectivity index (χ1) is 13.1. The van der Waals surface area contributed by atoms with Gasteiger partial charge in [0.1, 0.15) is 5.54 Å². The molecule has 2 saturated heterocycles. The minimum absolute atomic E-state index is 0.0829. The van der Waals surface area contributed by atoms with Crippen molar-refractivity contribution in [1.29, 1.82) is 0 Å². The van der Waals surface area contributed by atoms with Gasteiger partial charge in [-0.3, -0.25) is 14.9 Å². The van der Waals surface area contributed by atoms with Crippen molar-refractivity contribution in [3.63, 3.8) is 0 Å². The number of piperazine rings is 1. The fourth-order valence-electron chi connectivity index (χ4n) is 5.00. The van der Waals surface area contributed by atoms with Crippen molar-refractivity contribution in [3.05, 3.63) is 29.8 Å². The van der Waals surface area contributed by atoms with E-state index in [9.17, 15) is 14.4 Å². The predicted octanol–water partition coefficient (Wildman–Crippen LogP) is 1.03. The maximum absolute atomic E-state index is 12.9. The average molecular weight is 368 g/mol. The number of nitrogens with zero attached hydrogens (tertiary/aromatic N) is 2. The molecule has 142 valence electrons. The van der Waals surface area contributed by atoms with Crippen molar-refractivity contribution in [1.82, 2.24) is 15.5 Å². The molecule has 3 fully saturated rings. The van der Waals surface area contributed by atoms with Crippen molar-refractivity contribution in [3.8, 4) is 0 Å². The normalized spacial score (nSPS) is 29.3. The Kier molecular flexibility index (Phi) is 3.67. The highest BCUT2D eigenvalue weighted by Crippen LogP contribution is 2.44. The van der Waals surface area contributed by atoms with Crippen LogP contribution in [0.4, 0.5) is 10.5 Å². The Morgan fingerprint density at radius 2 is 2.00 bits per heavy atom. The van der Waals surface area contributed by atoms with Crippen LogP contribution in [0.5, 0.6) is 0 Å². The lowest BCUT2D eigenvalue weighted by Crippen LogP contribution is -2.54. The summed E-state index contributed by atoms with van der Waals surface area (Å²) in [5, 5.41) is 5.16. The first kappa shape index (κ1) is 16.6. The predicted molar refractivity (Wildman–Crippen MR) is 99.2 cm³/mol. The summed E-state index contributed by atoms with van der Waals surface area (Å²) < 4.78 is 0. The number of hydrogen-bond acceptors (Lipinski definition) is 4.